The molecule has 4 nitrogen and oxygen atoms in total. The molecule has 2 heterocycles. The molecule has 1 N–H and O–H groups in total. The van der Waals surface area contributed by atoms with Gasteiger partial charge in [0.2, 0.25) is 0 Å². The Balaban J connectivity index is 2.25. The van der Waals surface area contributed by atoms with Crippen molar-refractivity contribution in [2.24, 2.45) is 5.92 Å². The summed E-state index contributed by atoms with van der Waals surface area (Å²) in [6.07, 6.45) is 3.29. The molecule has 2 rings (SSSR count). The van der Waals surface area contributed by atoms with Crippen molar-refractivity contribution in [1.29, 1.82) is 0 Å². The van der Waals surface area contributed by atoms with Crippen molar-refractivity contribution in [3.8, 4) is 0 Å². The first-order valence-corrected chi connectivity index (χ1v) is 8.12. The van der Waals surface area contributed by atoms with Gasteiger partial charge < -0.3 is 10.2 Å². The highest BCUT2D eigenvalue weighted by atomic mass is 15.2. The van der Waals surface area contributed by atoms with Crippen molar-refractivity contribution in [3.05, 3.63) is 17.7 Å². The molecule has 0 spiro atoms. The summed E-state index contributed by atoms with van der Waals surface area (Å²) in [6, 6.07) is 0. The van der Waals surface area contributed by atoms with E-state index in [-0.39, 0.29) is 5.54 Å². The Hall–Kier alpha value is -1.16. The van der Waals surface area contributed by atoms with E-state index in [1.54, 1.807) is 0 Å². The molecule has 1 fully saturated rings. The molecule has 21 heavy (non-hydrogen) atoms. The Bertz CT molecular complexity index is 476. The van der Waals surface area contributed by atoms with Gasteiger partial charge in [-0.1, -0.05) is 20.8 Å². The largest absolute Gasteiger partial charge is 0.368 e. The molecule has 1 aliphatic rings. The lowest BCUT2D eigenvalue weighted by molar-refractivity contribution is 0.420. The Morgan fingerprint density at radius 2 is 2.10 bits per heavy atom. The number of aromatic nitrogens is 2. The van der Waals surface area contributed by atoms with Gasteiger partial charge >= 0.3 is 0 Å². The number of hydrogen-bond donors (Lipinski definition) is 1. The lowest BCUT2D eigenvalue weighted by atomic mass is 10.1. The van der Waals surface area contributed by atoms with Gasteiger partial charge in [-0.25, -0.2) is 9.97 Å². The van der Waals surface area contributed by atoms with Crippen molar-refractivity contribution in [2.45, 2.75) is 66.0 Å². The second kappa shape index (κ2) is 6.30. The van der Waals surface area contributed by atoms with Crippen LogP contribution in [0.25, 0.3) is 0 Å². The summed E-state index contributed by atoms with van der Waals surface area (Å²) in [5.74, 6) is 2.07. The fourth-order valence-corrected chi connectivity index (χ4v) is 2.60. The van der Waals surface area contributed by atoms with E-state index in [9.17, 15) is 0 Å². The zero-order valence-corrected chi connectivity index (χ0v) is 14.4. The van der Waals surface area contributed by atoms with E-state index in [0.717, 1.165) is 37.1 Å². The highest BCUT2D eigenvalue weighted by Crippen LogP contribution is 2.26. The van der Waals surface area contributed by atoms with Crippen LogP contribution in [-0.2, 0) is 6.54 Å². The monoisotopic (exact) mass is 290 g/mol. The topological polar surface area (TPSA) is 41.1 Å². The summed E-state index contributed by atoms with van der Waals surface area (Å²) in [5.41, 5.74) is 2.44. The molecule has 1 aromatic heterocycles. The SMILES string of the molecule is CC1CCN(c2cnc(C(C)C)nc2CNC(C)(C)C)C1. The molecule has 1 atom stereocenters. The minimum absolute atomic E-state index is 0.0957. The summed E-state index contributed by atoms with van der Waals surface area (Å²) >= 11 is 0. The van der Waals surface area contributed by atoms with Crippen LogP contribution < -0.4 is 10.2 Å². The Labute approximate surface area is 129 Å². The van der Waals surface area contributed by atoms with E-state index in [1.165, 1.54) is 12.1 Å². The van der Waals surface area contributed by atoms with Crippen molar-refractivity contribution >= 4 is 5.69 Å². The molecule has 4 heteroatoms. The third-order valence-corrected chi connectivity index (χ3v) is 3.93. The third-order valence-electron chi connectivity index (χ3n) is 3.93. The van der Waals surface area contributed by atoms with E-state index in [4.69, 9.17) is 4.98 Å². The molecular weight excluding hydrogens is 260 g/mol. The molecule has 0 radical (unpaired) electrons. The van der Waals surface area contributed by atoms with Crippen molar-refractivity contribution in [2.75, 3.05) is 18.0 Å². The average Bonchev–Trinajstić information content (AvgIpc) is 2.81. The first-order chi connectivity index (χ1) is 9.76. The second-order valence-corrected chi connectivity index (χ2v) is 7.66. The van der Waals surface area contributed by atoms with Gasteiger partial charge in [-0.2, -0.15) is 0 Å². The highest BCUT2D eigenvalue weighted by molar-refractivity contribution is 5.50. The van der Waals surface area contributed by atoms with Crippen LogP contribution in [-0.4, -0.2) is 28.6 Å². The molecule has 1 aromatic rings. The quantitative estimate of drug-likeness (QED) is 0.923. The maximum atomic E-state index is 4.83. The van der Waals surface area contributed by atoms with Gasteiger partial charge in [0.25, 0.3) is 0 Å². The lowest BCUT2D eigenvalue weighted by Crippen LogP contribution is -2.36. The Morgan fingerprint density at radius 1 is 1.38 bits per heavy atom. The van der Waals surface area contributed by atoms with Crippen LogP contribution in [0, 0.1) is 5.92 Å². The van der Waals surface area contributed by atoms with Crippen LogP contribution in [0.1, 0.15) is 65.4 Å². The van der Waals surface area contributed by atoms with Crippen LogP contribution >= 0.6 is 0 Å². The Kier molecular flexibility index (Phi) is 4.87. The molecule has 1 aliphatic heterocycles. The van der Waals surface area contributed by atoms with Gasteiger partial charge in [-0.05, 0) is 33.1 Å². The van der Waals surface area contributed by atoms with Crippen molar-refractivity contribution in [1.82, 2.24) is 15.3 Å². The van der Waals surface area contributed by atoms with Gasteiger partial charge in [-0.3, -0.25) is 0 Å². The molecule has 0 saturated carbocycles. The number of rotatable bonds is 4. The number of nitrogens with zero attached hydrogens (tertiary/aromatic N) is 3. The van der Waals surface area contributed by atoms with E-state index >= 15 is 0 Å². The van der Waals surface area contributed by atoms with E-state index in [1.807, 2.05) is 6.20 Å². The van der Waals surface area contributed by atoms with Gasteiger partial charge in [-0.15, -0.1) is 0 Å². The maximum Gasteiger partial charge on any atom is 0.131 e. The molecule has 118 valence electrons. The predicted molar refractivity (Wildman–Crippen MR) is 88.7 cm³/mol. The van der Waals surface area contributed by atoms with Gasteiger partial charge in [0.1, 0.15) is 5.82 Å². The second-order valence-electron chi connectivity index (χ2n) is 7.66. The van der Waals surface area contributed by atoms with Crippen LogP contribution in [0.15, 0.2) is 6.20 Å². The fourth-order valence-electron chi connectivity index (χ4n) is 2.60. The van der Waals surface area contributed by atoms with Crippen LogP contribution in [0.4, 0.5) is 5.69 Å². The van der Waals surface area contributed by atoms with Gasteiger partial charge in [0.15, 0.2) is 0 Å². The van der Waals surface area contributed by atoms with Crippen molar-refractivity contribution < 1.29 is 0 Å². The van der Waals surface area contributed by atoms with E-state index < -0.39 is 0 Å². The molecule has 0 aromatic carbocycles. The van der Waals surface area contributed by atoms with Crippen molar-refractivity contribution in [3.63, 3.8) is 0 Å². The highest BCUT2D eigenvalue weighted by Gasteiger charge is 2.23. The summed E-state index contributed by atoms with van der Waals surface area (Å²) in [5, 5.41) is 3.56. The average molecular weight is 290 g/mol. The number of anilines is 1. The zero-order chi connectivity index (χ0) is 15.6. The van der Waals surface area contributed by atoms with Crippen LogP contribution in [0.3, 0.4) is 0 Å². The minimum Gasteiger partial charge on any atom is -0.368 e. The Morgan fingerprint density at radius 3 is 2.62 bits per heavy atom. The summed E-state index contributed by atoms with van der Waals surface area (Å²) in [6.45, 7) is 16.2. The van der Waals surface area contributed by atoms with Gasteiger partial charge in [0, 0.05) is 31.1 Å². The first kappa shape index (κ1) is 16.2. The normalized spacial score (nSPS) is 19.6. The van der Waals surface area contributed by atoms with E-state index in [2.05, 4.69) is 56.7 Å². The molecule has 1 unspecified atom stereocenters. The standard InChI is InChI=1S/C17H30N4/c1-12(2)16-18-10-15(21-8-7-13(3)11-21)14(20-16)9-19-17(4,5)6/h10,12-13,19H,7-9,11H2,1-6H3. The number of hydrogen-bond acceptors (Lipinski definition) is 4. The van der Waals surface area contributed by atoms with Crippen LogP contribution in [0.5, 0.6) is 0 Å². The van der Waals surface area contributed by atoms with Crippen LogP contribution in [0.2, 0.25) is 0 Å². The lowest BCUT2D eigenvalue weighted by Gasteiger charge is -2.25. The molecule has 0 aliphatic carbocycles. The number of nitrogens with one attached hydrogen (secondary N) is 1. The summed E-state index contributed by atoms with van der Waals surface area (Å²) < 4.78 is 0. The maximum absolute atomic E-state index is 4.83. The molecular formula is C17H30N4. The molecule has 1 saturated heterocycles. The first-order valence-electron chi connectivity index (χ1n) is 8.12. The zero-order valence-electron chi connectivity index (χ0n) is 14.4. The smallest absolute Gasteiger partial charge is 0.131 e. The summed E-state index contributed by atoms with van der Waals surface area (Å²) in [4.78, 5) is 11.8. The third kappa shape index (κ3) is 4.40. The molecule has 0 bridgehead atoms. The molecule has 0 amide bonds. The minimum atomic E-state index is 0.0957. The predicted octanol–water partition coefficient (Wildman–Crippen LogP) is 3.33. The van der Waals surface area contributed by atoms with Gasteiger partial charge in [0.05, 0.1) is 17.6 Å². The summed E-state index contributed by atoms with van der Waals surface area (Å²) in [7, 11) is 0. The fraction of sp³-hybridized carbons (Fsp3) is 0.765. The van der Waals surface area contributed by atoms with E-state index in [0.29, 0.717) is 5.92 Å².